The van der Waals surface area contributed by atoms with Crippen LogP contribution in [0.4, 0.5) is 0 Å². The highest BCUT2D eigenvalue weighted by molar-refractivity contribution is 5.18. The molecule has 0 aromatic carbocycles. The standard InChI is InChI=1S/C5H8N2O/c6-2-1-5(8)3-7-4-5/h7-8H,3-4,6H2. The Morgan fingerprint density at radius 1 is 1.62 bits per heavy atom. The number of aliphatic hydroxyl groups is 1. The van der Waals surface area contributed by atoms with E-state index in [1.165, 1.54) is 0 Å². The predicted octanol–water partition coefficient (Wildman–Crippen LogP) is -1.76. The highest BCUT2D eigenvalue weighted by atomic mass is 16.3. The largest absolute Gasteiger partial charge is 0.375 e. The summed E-state index contributed by atoms with van der Waals surface area (Å²) < 4.78 is 0. The maximum atomic E-state index is 9.09. The Morgan fingerprint density at radius 2 is 2.25 bits per heavy atom. The molecule has 1 fully saturated rings. The third-order valence-corrected chi connectivity index (χ3v) is 1.14. The molecule has 44 valence electrons. The molecule has 1 aliphatic heterocycles. The Labute approximate surface area is 47.9 Å². The second-order valence-electron chi connectivity index (χ2n) is 1.90. The lowest BCUT2D eigenvalue weighted by Gasteiger charge is -2.31. The van der Waals surface area contributed by atoms with Crippen LogP contribution in [-0.2, 0) is 0 Å². The first kappa shape index (κ1) is 5.42. The molecule has 0 unspecified atom stereocenters. The SMILES string of the molecule is NC#CC1(O)CNC1. The highest BCUT2D eigenvalue weighted by Gasteiger charge is 2.31. The van der Waals surface area contributed by atoms with E-state index in [0.29, 0.717) is 13.1 Å². The summed E-state index contributed by atoms with van der Waals surface area (Å²) in [7, 11) is 0. The molecular formula is C5H8N2O. The summed E-state index contributed by atoms with van der Waals surface area (Å²) >= 11 is 0. The molecule has 0 spiro atoms. The van der Waals surface area contributed by atoms with Crippen LogP contribution in [0.15, 0.2) is 0 Å². The van der Waals surface area contributed by atoms with Crippen LogP contribution in [0.2, 0.25) is 0 Å². The summed E-state index contributed by atoms with van der Waals surface area (Å²) in [5.41, 5.74) is 4.05. The molecule has 1 heterocycles. The lowest BCUT2D eigenvalue weighted by molar-refractivity contribution is 0.0472. The topological polar surface area (TPSA) is 58.3 Å². The van der Waals surface area contributed by atoms with Gasteiger partial charge in [-0.25, -0.2) is 0 Å². The minimum Gasteiger partial charge on any atom is -0.375 e. The van der Waals surface area contributed by atoms with Gasteiger partial charge in [-0.1, -0.05) is 0 Å². The number of hydrogen-bond donors (Lipinski definition) is 3. The van der Waals surface area contributed by atoms with Gasteiger partial charge in [0.1, 0.15) is 0 Å². The van der Waals surface area contributed by atoms with E-state index >= 15 is 0 Å². The Balaban J connectivity index is 2.49. The van der Waals surface area contributed by atoms with Crippen molar-refractivity contribution in [2.75, 3.05) is 13.1 Å². The van der Waals surface area contributed by atoms with Crippen molar-refractivity contribution in [3.05, 3.63) is 0 Å². The van der Waals surface area contributed by atoms with Crippen molar-refractivity contribution in [1.82, 2.24) is 5.32 Å². The molecule has 0 aromatic heterocycles. The Hall–Kier alpha value is -0.720. The first-order valence-electron chi connectivity index (χ1n) is 2.43. The molecule has 0 atom stereocenters. The van der Waals surface area contributed by atoms with Crippen molar-refractivity contribution in [3.63, 3.8) is 0 Å². The van der Waals surface area contributed by atoms with E-state index in [4.69, 9.17) is 10.8 Å². The number of hydrogen-bond acceptors (Lipinski definition) is 3. The van der Waals surface area contributed by atoms with Crippen molar-refractivity contribution in [2.24, 2.45) is 5.73 Å². The Bertz CT molecular complexity index is 140. The third-order valence-electron chi connectivity index (χ3n) is 1.14. The summed E-state index contributed by atoms with van der Waals surface area (Å²) in [6, 6.07) is 2.17. The zero-order valence-electron chi connectivity index (χ0n) is 4.44. The van der Waals surface area contributed by atoms with Gasteiger partial charge in [-0.05, 0) is 5.92 Å². The summed E-state index contributed by atoms with van der Waals surface area (Å²) in [6.45, 7) is 1.08. The van der Waals surface area contributed by atoms with Crippen molar-refractivity contribution in [3.8, 4) is 12.0 Å². The molecule has 1 saturated heterocycles. The average Bonchev–Trinajstić information content (AvgIpc) is 1.64. The zero-order chi connectivity index (χ0) is 6.04. The third kappa shape index (κ3) is 0.760. The van der Waals surface area contributed by atoms with Crippen LogP contribution in [0.5, 0.6) is 0 Å². The van der Waals surface area contributed by atoms with E-state index in [1.54, 1.807) is 0 Å². The molecule has 3 heteroatoms. The molecule has 0 aliphatic carbocycles. The van der Waals surface area contributed by atoms with Crippen LogP contribution in [0, 0.1) is 12.0 Å². The molecule has 3 nitrogen and oxygen atoms in total. The van der Waals surface area contributed by atoms with Gasteiger partial charge in [0.25, 0.3) is 0 Å². The van der Waals surface area contributed by atoms with E-state index in [9.17, 15) is 0 Å². The monoisotopic (exact) mass is 112 g/mol. The number of nitrogens with two attached hydrogens (primary N) is 1. The summed E-state index contributed by atoms with van der Waals surface area (Å²) in [5, 5.41) is 12.0. The van der Waals surface area contributed by atoms with E-state index in [2.05, 4.69) is 17.3 Å². The Morgan fingerprint density at radius 3 is 2.38 bits per heavy atom. The smallest absolute Gasteiger partial charge is 0.151 e. The molecule has 0 amide bonds. The van der Waals surface area contributed by atoms with Crippen molar-refractivity contribution >= 4 is 0 Å². The second-order valence-corrected chi connectivity index (χ2v) is 1.90. The molecular weight excluding hydrogens is 104 g/mol. The van der Waals surface area contributed by atoms with Crippen LogP contribution < -0.4 is 11.1 Å². The minimum absolute atomic E-state index is 0.539. The molecule has 1 aliphatic rings. The van der Waals surface area contributed by atoms with Gasteiger partial charge < -0.3 is 16.2 Å². The van der Waals surface area contributed by atoms with Crippen LogP contribution >= 0.6 is 0 Å². The molecule has 8 heavy (non-hydrogen) atoms. The van der Waals surface area contributed by atoms with Crippen molar-refractivity contribution in [1.29, 1.82) is 0 Å². The fourth-order valence-corrected chi connectivity index (χ4v) is 0.585. The van der Waals surface area contributed by atoms with Gasteiger partial charge in [-0.3, -0.25) is 0 Å². The second kappa shape index (κ2) is 1.66. The fraction of sp³-hybridized carbons (Fsp3) is 0.600. The van der Waals surface area contributed by atoms with Gasteiger partial charge in [0, 0.05) is 19.1 Å². The molecule has 0 bridgehead atoms. The van der Waals surface area contributed by atoms with Crippen molar-refractivity contribution < 1.29 is 5.11 Å². The van der Waals surface area contributed by atoms with E-state index in [1.807, 2.05) is 0 Å². The Kier molecular flexibility index (Phi) is 1.12. The predicted molar refractivity (Wildman–Crippen MR) is 29.8 cm³/mol. The van der Waals surface area contributed by atoms with E-state index in [-0.39, 0.29) is 0 Å². The molecule has 0 aromatic rings. The summed E-state index contributed by atoms with van der Waals surface area (Å²) in [4.78, 5) is 0. The number of nitrogens with one attached hydrogen (secondary N) is 1. The zero-order valence-corrected chi connectivity index (χ0v) is 4.44. The summed E-state index contributed by atoms with van der Waals surface area (Å²) in [6.07, 6.45) is 0. The lowest BCUT2D eigenvalue weighted by Crippen LogP contribution is -2.58. The molecule has 0 radical (unpaired) electrons. The summed E-state index contributed by atoms with van der Waals surface area (Å²) in [5.74, 6) is 2.48. The van der Waals surface area contributed by atoms with Gasteiger partial charge in [0.2, 0.25) is 0 Å². The van der Waals surface area contributed by atoms with Gasteiger partial charge in [-0.15, -0.1) is 0 Å². The van der Waals surface area contributed by atoms with E-state index in [0.717, 1.165) is 0 Å². The van der Waals surface area contributed by atoms with Gasteiger partial charge in [0.15, 0.2) is 5.60 Å². The molecule has 0 saturated carbocycles. The number of rotatable bonds is 0. The number of β-amino-alcohol motifs (C(OH)–C–C–N with tert-alkyl or cyclic N) is 1. The van der Waals surface area contributed by atoms with Gasteiger partial charge in [-0.2, -0.15) is 0 Å². The van der Waals surface area contributed by atoms with Gasteiger partial charge in [0.05, 0.1) is 0 Å². The van der Waals surface area contributed by atoms with Crippen LogP contribution in [0.25, 0.3) is 0 Å². The first-order valence-corrected chi connectivity index (χ1v) is 2.43. The van der Waals surface area contributed by atoms with Crippen LogP contribution in [0.1, 0.15) is 0 Å². The first-order chi connectivity index (χ1) is 3.77. The molecule has 4 N–H and O–H groups in total. The van der Waals surface area contributed by atoms with E-state index < -0.39 is 5.60 Å². The molecule has 1 rings (SSSR count). The minimum atomic E-state index is -0.825. The van der Waals surface area contributed by atoms with Crippen molar-refractivity contribution in [2.45, 2.75) is 5.60 Å². The highest BCUT2D eigenvalue weighted by Crippen LogP contribution is 2.06. The van der Waals surface area contributed by atoms with Crippen LogP contribution in [-0.4, -0.2) is 23.8 Å². The lowest BCUT2D eigenvalue weighted by atomic mass is 9.99. The van der Waals surface area contributed by atoms with Crippen LogP contribution in [0.3, 0.4) is 0 Å². The maximum Gasteiger partial charge on any atom is 0.151 e. The normalized spacial score (nSPS) is 22.6. The quantitative estimate of drug-likeness (QED) is 0.257. The average molecular weight is 112 g/mol. The fourth-order valence-electron chi connectivity index (χ4n) is 0.585. The maximum absolute atomic E-state index is 9.09. The van der Waals surface area contributed by atoms with Gasteiger partial charge >= 0.3 is 0 Å².